The van der Waals surface area contributed by atoms with Crippen LogP contribution in [0.15, 0.2) is 29.2 Å². The van der Waals surface area contributed by atoms with Crippen molar-refractivity contribution in [3.05, 3.63) is 52.3 Å². The number of rotatable bonds is 7. The van der Waals surface area contributed by atoms with Crippen LogP contribution in [-0.4, -0.2) is 62.2 Å². The number of aryl methyl sites for hydroxylation is 1. The number of nitrogens with zero attached hydrogens (tertiary/aromatic N) is 1. The first-order valence-corrected chi connectivity index (χ1v) is 11.7. The highest BCUT2D eigenvalue weighted by Gasteiger charge is 2.31. The van der Waals surface area contributed by atoms with E-state index in [2.05, 4.69) is 4.98 Å². The molecule has 1 aromatic carbocycles. The lowest BCUT2D eigenvalue weighted by Crippen LogP contribution is -2.36. The number of aromatic amines is 1. The second-order valence-electron chi connectivity index (χ2n) is 7.58. The summed E-state index contributed by atoms with van der Waals surface area (Å²) >= 11 is 0. The number of esters is 2. The van der Waals surface area contributed by atoms with Gasteiger partial charge in [0.1, 0.15) is 0 Å². The molecule has 3 rings (SSSR count). The normalized spacial score (nSPS) is 14.7. The number of ketones is 1. The van der Waals surface area contributed by atoms with Gasteiger partial charge >= 0.3 is 11.9 Å². The number of carbonyl (C=O) groups excluding carboxylic acids is 3. The van der Waals surface area contributed by atoms with Crippen LogP contribution in [0.4, 0.5) is 0 Å². The van der Waals surface area contributed by atoms with E-state index in [0.717, 1.165) is 19.3 Å². The molecule has 1 saturated heterocycles. The molecule has 0 bridgehead atoms. The van der Waals surface area contributed by atoms with Gasteiger partial charge in [-0.15, -0.1) is 0 Å². The summed E-state index contributed by atoms with van der Waals surface area (Å²) in [6.45, 7) is 3.41. The number of Topliss-reactive ketones (excluding diaryl/α,β-unsaturated/α-hetero) is 1. The number of methoxy groups -OCH3 is 1. The molecule has 1 fully saturated rings. The molecular weight excluding hydrogens is 436 g/mol. The Balaban J connectivity index is 1.78. The van der Waals surface area contributed by atoms with E-state index in [9.17, 15) is 22.8 Å². The zero-order valence-electron chi connectivity index (χ0n) is 18.3. The van der Waals surface area contributed by atoms with Crippen LogP contribution in [0.25, 0.3) is 0 Å². The first-order chi connectivity index (χ1) is 15.2. The summed E-state index contributed by atoms with van der Waals surface area (Å²) in [5, 5.41) is 0. The fourth-order valence-corrected chi connectivity index (χ4v) is 5.52. The maximum absolute atomic E-state index is 13.1. The van der Waals surface area contributed by atoms with E-state index in [1.54, 1.807) is 13.8 Å². The SMILES string of the molecule is COC(=O)c1c(C)[nH]c(C(=O)COC(=O)c2ccccc2S(=O)(=O)N2CCCCC2)c1C. The molecule has 2 aromatic rings. The van der Waals surface area contributed by atoms with Crippen LogP contribution in [0.3, 0.4) is 0 Å². The summed E-state index contributed by atoms with van der Waals surface area (Å²) in [6.07, 6.45) is 2.50. The Kier molecular flexibility index (Phi) is 7.15. The van der Waals surface area contributed by atoms with Gasteiger partial charge in [0, 0.05) is 18.8 Å². The Morgan fingerprint density at radius 2 is 1.69 bits per heavy atom. The number of hydrogen-bond donors (Lipinski definition) is 1. The van der Waals surface area contributed by atoms with E-state index in [4.69, 9.17) is 9.47 Å². The average Bonchev–Trinajstić information content (AvgIpc) is 3.11. The van der Waals surface area contributed by atoms with Crippen LogP contribution in [0.1, 0.15) is 61.7 Å². The molecule has 1 aliphatic rings. The van der Waals surface area contributed by atoms with E-state index in [1.165, 1.54) is 35.7 Å². The number of nitrogens with one attached hydrogen (secondary N) is 1. The molecule has 0 unspecified atom stereocenters. The van der Waals surface area contributed by atoms with Gasteiger partial charge in [0.2, 0.25) is 15.8 Å². The zero-order chi connectivity index (χ0) is 23.5. The minimum absolute atomic E-state index is 0.125. The van der Waals surface area contributed by atoms with Crippen LogP contribution in [0, 0.1) is 13.8 Å². The molecule has 1 aromatic heterocycles. The second-order valence-corrected chi connectivity index (χ2v) is 9.48. The standard InChI is InChI=1S/C22H26N2O7S/c1-14-19(22(27)30-3)15(2)23-20(14)17(25)13-31-21(26)16-9-5-6-10-18(16)32(28,29)24-11-7-4-8-12-24/h5-6,9-10,23H,4,7-8,11-13H2,1-3H3. The summed E-state index contributed by atoms with van der Waals surface area (Å²) in [5.74, 6) is -2.04. The maximum Gasteiger partial charge on any atom is 0.339 e. The summed E-state index contributed by atoms with van der Waals surface area (Å²) in [4.78, 5) is 39.9. The number of H-pyrrole nitrogens is 1. The van der Waals surface area contributed by atoms with Gasteiger partial charge in [-0.1, -0.05) is 18.6 Å². The van der Waals surface area contributed by atoms with Crippen molar-refractivity contribution >= 4 is 27.7 Å². The van der Waals surface area contributed by atoms with Crippen molar-refractivity contribution in [3.63, 3.8) is 0 Å². The first kappa shape index (κ1) is 23.7. The van der Waals surface area contributed by atoms with Crippen molar-refractivity contribution < 1.29 is 32.3 Å². The van der Waals surface area contributed by atoms with Gasteiger partial charge in [0.05, 0.1) is 28.8 Å². The minimum atomic E-state index is -3.86. The molecule has 0 amide bonds. The lowest BCUT2D eigenvalue weighted by molar-refractivity contribution is 0.0469. The van der Waals surface area contributed by atoms with E-state index in [0.29, 0.717) is 24.3 Å². The molecule has 32 heavy (non-hydrogen) atoms. The molecule has 172 valence electrons. The topological polar surface area (TPSA) is 123 Å². The van der Waals surface area contributed by atoms with Gasteiger partial charge in [0.25, 0.3) is 0 Å². The van der Waals surface area contributed by atoms with Crippen molar-refractivity contribution in [2.75, 3.05) is 26.8 Å². The van der Waals surface area contributed by atoms with Gasteiger partial charge < -0.3 is 14.5 Å². The number of carbonyl (C=O) groups is 3. The smallest absolute Gasteiger partial charge is 0.339 e. The summed E-state index contributed by atoms with van der Waals surface area (Å²) in [6, 6.07) is 5.80. The van der Waals surface area contributed by atoms with Crippen molar-refractivity contribution in [3.8, 4) is 0 Å². The van der Waals surface area contributed by atoms with Crippen molar-refractivity contribution in [1.82, 2.24) is 9.29 Å². The second kappa shape index (κ2) is 9.66. The van der Waals surface area contributed by atoms with E-state index in [-0.39, 0.29) is 21.7 Å². The third kappa shape index (κ3) is 4.61. The van der Waals surface area contributed by atoms with Crippen LogP contribution in [0.5, 0.6) is 0 Å². The molecule has 0 spiro atoms. The van der Waals surface area contributed by atoms with Crippen LogP contribution >= 0.6 is 0 Å². The highest BCUT2D eigenvalue weighted by molar-refractivity contribution is 7.89. The number of piperidine rings is 1. The number of sulfonamides is 1. The molecule has 2 heterocycles. The van der Waals surface area contributed by atoms with Crippen molar-refractivity contribution in [2.45, 2.75) is 38.0 Å². The van der Waals surface area contributed by atoms with Crippen molar-refractivity contribution in [1.29, 1.82) is 0 Å². The third-order valence-corrected chi connectivity index (χ3v) is 7.44. The minimum Gasteiger partial charge on any atom is -0.465 e. The molecule has 9 nitrogen and oxygen atoms in total. The van der Waals surface area contributed by atoms with Crippen LogP contribution < -0.4 is 0 Å². The Morgan fingerprint density at radius 1 is 1.03 bits per heavy atom. The Bertz CT molecular complexity index is 1150. The number of ether oxygens (including phenoxy) is 2. The number of aromatic nitrogens is 1. The Hall–Kier alpha value is -2.98. The van der Waals surface area contributed by atoms with Gasteiger partial charge in [0.15, 0.2) is 6.61 Å². The molecule has 0 saturated carbocycles. The Morgan fingerprint density at radius 3 is 2.34 bits per heavy atom. The van der Waals surface area contributed by atoms with Crippen LogP contribution in [0.2, 0.25) is 0 Å². The lowest BCUT2D eigenvalue weighted by Gasteiger charge is -2.26. The summed E-state index contributed by atoms with van der Waals surface area (Å²) in [7, 11) is -2.62. The summed E-state index contributed by atoms with van der Waals surface area (Å²) < 4.78 is 37.3. The lowest BCUT2D eigenvalue weighted by atomic mass is 10.1. The molecule has 0 aliphatic carbocycles. The molecule has 1 N–H and O–H groups in total. The zero-order valence-corrected chi connectivity index (χ0v) is 19.1. The van der Waals surface area contributed by atoms with Gasteiger partial charge in [-0.25, -0.2) is 18.0 Å². The molecule has 0 radical (unpaired) electrons. The first-order valence-electron chi connectivity index (χ1n) is 10.3. The van der Waals surface area contributed by atoms with Crippen LogP contribution in [-0.2, 0) is 19.5 Å². The Labute approximate surface area is 186 Å². The quantitative estimate of drug-likeness (QED) is 0.496. The molecule has 1 aliphatic heterocycles. The predicted octanol–water partition coefficient (Wildman–Crippen LogP) is 2.63. The predicted molar refractivity (Wildman–Crippen MR) is 115 cm³/mol. The highest BCUT2D eigenvalue weighted by atomic mass is 32.2. The van der Waals surface area contributed by atoms with E-state index >= 15 is 0 Å². The third-order valence-electron chi connectivity index (χ3n) is 5.48. The molecular formula is C22H26N2O7S. The number of benzene rings is 1. The summed E-state index contributed by atoms with van der Waals surface area (Å²) in [5.41, 5.74) is 1.11. The average molecular weight is 463 g/mol. The van der Waals surface area contributed by atoms with Gasteiger partial charge in [-0.05, 0) is 44.4 Å². The fourth-order valence-electron chi connectivity index (χ4n) is 3.82. The fraction of sp³-hybridized carbons (Fsp3) is 0.409. The van der Waals surface area contributed by atoms with Gasteiger partial charge in [-0.2, -0.15) is 4.31 Å². The maximum atomic E-state index is 13.1. The molecule has 10 heteroatoms. The molecule has 0 atom stereocenters. The number of hydrogen-bond acceptors (Lipinski definition) is 7. The van der Waals surface area contributed by atoms with E-state index < -0.39 is 34.4 Å². The van der Waals surface area contributed by atoms with Crippen molar-refractivity contribution in [2.24, 2.45) is 0 Å². The largest absolute Gasteiger partial charge is 0.465 e. The monoisotopic (exact) mass is 462 g/mol. The van der Waals surface area contributed by atoms with Gasteiger partial charge in [-0.3, -0.25) is 4.79 Å². The van der Waals surface area contributed by atoms with E-state index in [1.807, 2.05) is 0 Å². The highest BCUT2D eigenvalue weighted by Crippen LogP contribution is 2.24.